The van der Waals surface area contributed by atoms with E-state index in [9.17, 15) is 0 Å². The molecule has 27 heavy (non-hydrogen) atoms. The number of unbranched alkanes of at least 4 members (excludes halogenated alkanes) is 2. The first kappa shape index (κ1) is 19.6. The Kier molecular flexibility index (Phi) is 7.40. The van der Waals surface area contributed by atoms with E-state index in [1.807, 2.05) is 0 Å². The van der Waals surface area contributed by atoms with Crippen LogP contribution < -0.4 is 4.74 Å². The third kappa shape index (κ3) is 5.90. The highest BCUT2D eigenvalue weighted by Gasteiger charge is 2.21. The van der Waals surface area contributed by atoms with Crippen LogP contribution in [0.3, 0.4) is 0 Å². The van der Waals surface area contributed by atoms with E-state index in [1.165, 1.54) is 62.5 Å². The molecule has 1 saturated carbocycles. The molecule has 0 amide bonds. The minimum Gasteiger partial charge on any atom is -0.497 e. The zero-order valence-electron chi connectivity index (χ0n) is 16.8. The summed E-state index contributed by atoms with van der Waals surface area (Å²) in [5.74, 6) is 9.10. The molecule has 0 saturated heterocycles. The van der Waals surface area contributed by atoms with E-state index in [-0.39, 0.29) is 0 Å². The van der Waals surface area contributed by atoms with Crippen LogP contribution in [0.2, 0.25) is 0 Å². The Labute approximate surface area is 165 Å². The van der Waals surface area contributed by atoms with Crippen LogP contribution in [0.15, 0.2) is 48.5 Å². The molecule has 2 aromatic carbocycles. The van der Waals surface area contributed by atoms with Crippen molar-refractivity contribution in [1.82, 2.24) is 0 Å². The molecule has 0 N–H and O–H groups in total. The van der Waals surface area contributed by atoms with Crippen molar-refractivity contribution < 1.29 is 4.74 Å². The second-order valence-corrected chi connectivity index (χ2v) is 7.75. The molecule has 0 unspecified atom stereocenters. The van der Waals surface area contributed by atoms with E-state index >= 15 is 0 Å². The second kappa shape index (κ2) is 10.2. The minimum atomic E-state index is 0.545. The Hall–Kier alpha value is -2.20. The summed E-state index contributed by atoms with van der Waals surface area (Å²) in [5, 5.41) is 0. The Bertz CT molecular complexity index is 738. The van der Waals surface area contributed by atoms with Crippen molar-refractivity contribution in [2.24, 2.45) is 5.92 Å². The third-order valence-electron chi connectivity index (χ3n) is 5.76. The molecule has 1 aliphatic rings. The number of ether oxygens (including phenoxy) is 1. The van der Waals surface area contributed by atoms with Crippen LogP contribution in [0.4, 0.5) is 0 Å². The molecule has 1 fully saturated rings. The van der Waals surface area contributed by atoms with Crippen molar-refractivity contribution in [3.8, 4) is 17.6 Å². The molecule has 142 valence electrons. The molecule has 1 heteroatoms. The van der Waals surface area contributed by atoms with Gasteiger partial charge in [0.2, 0.25) is 0 Å². The molecule has 1 aliphatic carbocycles. The van der Waals surface area contributed by atoms with E-state index in [2.05, 4.69) is 67.3 Å². The van der Waals surface area contributed by atoms with Gasteiger partial charge in [0.15, 0.2) is 0 Å². The van der Waals surface area contributed by atoms with Crippen LogP contribution in [0, 0.1) is 17.8 Å². The highest BCUT2D eigenvalue weighted by Crippen LogP contribution is 2.36. The lowest BCUT2D eigenvalue weighted by Gasteiger charge is -2.26. The van der Waals surface area contributed by atoms with Gasteiger partial charge in [0, 0.05) is 11.5 Å². The maximum absolute atomic E-state index is 5.26. The van der Waals surface area contributed by atoms with Crippen LogP contribution in [-0.2, 0) is 6.42 Å². The van der Waals surface area contributed by atoms with Gasteiger partial charge in [0.25, 0.3) is 0 Å². The minimum absolute atomic E-state index is 0.545. The summed E-state index contributed by atoms with van der Waals surface area (Å²) in [6.07, 6.45) is 9.97. The van der Waals surface area contributed by atoms with Crippen molar-refractivity contribution in [3.05, 3.63) is 65.2 Å². The van der Waals surface area contributed by atoms with Gasteiger partial charge >= 0.3 is 0 Å². The normalized spacial score (nSPS) is 19.2. The first-order valence-corrected chi connectivity index (χ1v) is 10.5. The molecule has 0 bridgehead atoms. The van der Waals surface area contributed by atoms with Gasteiger partial charge < -0.3 is 4.74 Å². The van der Waals surface area contributed by atoms with E-state index in [0.717, 1.165) is 11.3 Å². The Morgan fingerprint density at radius 2 is 1.59 bits per heavy atom. The standard InChI is InChI=1S/C26H32O/c1-3-4-5-6-21-7-9-22(10-8-21)11-12-23-13-15-24(16-14-23)25-17-19-26(27-2)20-18-25/h7-10,17-20,23-24H,3-6,13-16H2,1-2H3. The van der Waals surface area contributed by atoms with Gasteiger partial charge in [-0.15, -0.1) is 0 Å². The van der Waals surface area contributed by atoms with E-state index in [1.54, 1.807) is 7.11 Å². The highest BCUT2D eigenvalue weighted by molar-refractivity contribution is 5.37. The van der Waals surface area contributed by atoms with Gasteiger partial charge in [-0.05, 0) is 79.8 Å². The molecular formula is C26H32O. The quantitative estimate of drug-likeness (QED) is 0.409. The number of benzene rings is 2. The number of methoxy groups -OCH3 is 1. The van der Waals surface area contributed by atoms with Crippen LogP contribution in [0.25, 0.3) is 0 Å². The third-order valence-corrected chi connectivity index (χ3v) is 5.76. The SMILES string of the molecule is CCCCCc1ccc(C#CC2CCC(c3ccc(OC)cc3)CC2)cc1. The lowest BCUT2D eigenvalue weighted by Crippen LogP contribution is -2.12. The van der Waals surface area contributed by atoms with Crippen LogP contribution in [0.5, 0.6) is 5.75 Å². The monoisotopic (exact) mass is 360 g/mol. The number of hydrogen-bond donors (Lipinski definition) is 0. The van der Waals surface area contributed by atoms with Crippen molar-refractivity contribution >= 4 is 0 Å². The largest absolute Gasteiger partial charge is 0.497 e. The van der Waals surface area contributed by atoms with Gasteiger partial charge in [-0.3, -0.25) is 0 Å². The molecule has 3 rings (SSSR count). The first-order chi connectivity index (χ1) is 13.3. The van der Waals surface area contributed by atoms with E-state index in [4.69, 9.17) is 4.74 Å². The summed E-state index contributed by atoms with van der Waals surface area (Å²) >= 11 is 0. The maximum Gasteiger partial charge on any atom is 0.118 e. The Morgan fingerprint density at radius 3 is 2.22 bits per heavy atom. The molecule has 0 heterocycles. The van der Waals surface area contributed by atoms with Gasteiger partial charge in [0.1, 0.15) is 5.75 Å². The van der Waals surface area contributed by atoms with E-state index < -0.39 is 0 Å². The predicted octanol–water partition coefficient (Wildman–Crippen LogP) is 6.75. The Morgan fingerprint density at radius 1 is 0.889 bits per heavy atom. The average Bonchev–Trinajstić information content (AvgIpc) is 2.74. The molecule has 1 nitrogen and oxygen atoms in total. The van der Waals surface area contributed by atoms with Crippen molar-refractivity contribution in [2.75, 3.05) is 7.11 Å². The summed E-state index contributed by atoms with van der Waals surface area (Å²) < 4.78 is 5.26. The van der Waals surface area contributed by atoms with Gasteiger partial charge in [0.05, 0.1) is 7.11 Å². The molecule has 0 aromatic heterocycles. The van der Waals surface area contributed by atoms with Crippen LogP contribution >= 0.6 is 0 Å². The van der Waals surface area contributed by atoms with Crippen LogP contribution in [-0.4, -0.2) is 7.11 Å². The molecule has 0 spiro atoms. The maximum atomic E-state index is 5.26. The number of aryl methyl sites for hydroxylation is 1. The average molecular weight is 361 g/mol. The topological polar surface area (TPSA) is 9.23 Å². The smallest absolute Gasteiger partial charge is 0.118 e. The molecule has 2 aromatic rings. The lowest BCUT2D eigenvalue weighted by molar-refractivity contribution is 0.383. The summed E-state index contributed by atoms with van der Waals surface area (Å²) in [6, 6.07) is 17.5. The fourth-order valence-electron chi connectivity index (χ4n) is 3.97. The number of rotatable bonds is 6. The molecule has 0 radical (unpaired) electrons. The van der Waals surface area contributed by atoms with Crippen molar-refractivity contribution in [1.29, 1.82) is 0 Å². The number of hydrogen-bond acceptors (Lipinski definition) is 1. The van der Waals surface area contributed by atoms with Crippen molar-refractivity contribution in [2.45, 2.75) is 64.2 Å². The van der Waals surface area contributed by atoms with Gasteiger partial charge in [-0.2, -0.15) is 0 Å². The zero-order valence-corrected chi connectivity index (χ0v) is 16.8. The summed E-state index contributed by atoms with van der Waals surface area (Å²) in [4.78, 5) is 0. The van der Waals surface area contributed by atoms with Crippen molar-refractivity contribution in [3.63, 3.8) is 0 Å². The molecule has 0 atom stereocenters. The fraction of sp³-hybridized carbons (Fsp3) is 0.462. The zero-order chi connectivity index (χ0) is 18.9. The molecular weight excluding hydrogens is 328 g/mol. The lowest BCUT2D eigenvalue weighted by atomic mass is 9.79. The second-order valence-electron chi connectivity index (χ2n) is 7.75. The summed E-state index contributed by atoms with van der Waals surface area (Å²) in [6.45, 7) is 2.25. The highest BCUT2D eigenvalue weighted by atomic mass is 16.5. The fourth-order valence-corrected chi connectivity index (χ4v) is 3.97. The Balaban J connectivity index is 1.49. The van der Waals surface area contributed by atoms with E-state index in [0.29, 0.717) is 11.8 Å². The summed E-state index contributed by atoms with van der Waals surface area (Å²) in [5.41, 5.74) is 4.04. The summed E-state index contributed by atoms with van der Waals surface area (Å²) in [7, 11) is 1.72. The van der Waals surface area contributed by atoms with Crippen LogP contribution in [0.1, 0.15) is 74.5 Å². The van der Waals surface area contributed by atoms with Gasteiger partial charge in [-0.25, -0.2) is 0 Å². The predicted molar refractivity (Wildman–Crippen MR) is 114 cm³/mol. The van der Waals surface area contributed by atoms with Gasteiger partial charge in [-0.1, -0.05) is 55.9 Å². The molecule has 0 aliphatic heterocycles. The first-order valence-electron chi connectivity index (χ1n) is 10.5.